The van der Waals surface area contributed by atoms with Gasteiger partial charge in [-0.2, -0.15) is 9.97 Å². The van der Waals surface area contributed by atoms with Gasteiger partial charge in [-0.1, -0.05) is 19.1 Å². The van der Waals surface area contributed by atoms with Crippen LogP contribution in [0.3, 0.4) is 0 Å². The molecule has 1 saturated heterocycles. The van der Waals surface area contributed by atoms with Crippen LogP contribution in [0.5, 0.6) is 17.6 Å². The standard InChI is InChI=1S/C27H29N5O2/c1-3-32-16-13-20(14-17-32)19-4-6-21(7-5-19)31(2)22-8-10-23(11-9-22)34-27-29-25-18-28-15-12-24(25)26(33)30-27/h4-12,15,18,20H,3,13-14,16-17H2,1-2H3,(H,29,30,33). The molecule has 1 N–H and O–H groups in total. The van der Waals surface area contributed by atoms with Gasteiger partial charge in [-0.15, -0.1) is 0 Å². The van der Waals surface area contributed by atoms with Gasteiger partial charge in [0.05, 0.1) is 17.1 Å². The molecule has 0 saturated carbocycles. The summed E-state index contributed by atoms with van der Waals surface area (Å²) in [4.78, 5) is 17.1. The molecule has 0 bridgehead atoms. The van der Waals surface area contributed by atoms with Crippen LogP contribution in [0.25, 0.3) is 10.9 Å². The second-order valence-electron chi connectivity index (χ2n) is 8.68. The Balaban J connectivity index is 1.25. The molecular weight excluding hydrogens is 426 g/mol. The summed E-state index contributed by atoms with van der Waals surface area (Å²) in [6, 6.07) is 18.4. The molecule has 7 nitrogen and oxygen atoms in total. The molecule has 4 aromatic rings. The third-order valence-corrected chi connectivity index (χ3v) is 6.68. The molecule has 7 heteroatoms. The van der Waals surface area contributed by atoms with Gasteiger partial charge >= 0.3 is 6.01 Å². The lowest BCUT2D eigenvalue weighted by Gasteiger charge is -2.31. The molecule has 0 aliphatic carbocycles. The minimum Gasteiger partial charge on any atom is -0.493 e. The van der Waals surface area contributed by atoms with Crippen LogP contribution in [-0.4, -0.2) is 51.6 Å². The van der Waals surface area contributed by atoms with Gasteiger partial charge in [0.25, 0.3) is 0 Å². The van der Waals surface area contributed by atoms with Gasteiger partial charge < -0.3 is 19.6 Å². The first kappa shape index (κ1) is 22.1. The van der Waals surface area contributed by atoms with Crippen molar-refractivity contribution in [1.29, 1.82) is 0 Å². The van der Waals surface area contributed by atoms with E-state index in [0.717, 1.165) is 17.9 Å². The Hall–Kier alpha value is -3.71. The van der Waals surface area contributed by atoms with E-state index in [9.17, 15) is 5.11 Å². The second kappa shape index (κ2) is 9.65. The van der Waals surface area contributed by atoms with E-state index in [0.29, 0.717) is 22.6 Å². The monoisotopic (exact) mass is 455 g/mol. The summed E-state index contributed by atoms with van der Waals surface area (Å²) in [6.07, 6.45) is 5.63. The van der Waals surface area contributed by atoms with Crippen LogP contribution in [0.1, 0.15) is 31.2 Å². The number of likely N-dealkylation sites (tertiary alicyclic amines) is 1. The van der Waals surface area contributed by atoms with Crippen molar-refractivity contribution >= 4 is 22.3 Å². The van der Waals surface area contributed by atoms with Crippen LogP contribution in [0.2, 0.25) is 0 Å². The molecule has 0 amide bonds. The number of ether oxygens (including phenoxy) is 1. The molecule has 0 radical (unpaired) electrons. The molecule has 1 aliphatic heterocycles. The summed E-state index contributed by atoms with van der Waals surface area (Å²) < 4.78 is 5.77. The Morgan fingerprint density at radius 1 is 0.971 bits per heavy atom. The summed E-state index contributed by atoms with van der Waals surface area (Å²) >= 11 is 0. The zero-order chi connectivity index (χ0) is 23.5. The van der Waals surface area contributed by atoms with Gasteiger partial charge in [0.15, 0.2) is 0 Å². The minimum absolute atomic E-state index is 0.0828. The number of nitrogens with zero attached hydrogens (tertiary/aromatic N) is 5. The average Bonchev–Trinajstić information content (AvgIpc) is 2.89. The molecule has 1 fully saturated rings. The Kier molecular flexibility index (Phi) is 6.27. The van der Waals surface area contributed by atoms with Crippen LogP contribution in [0, 0.1) is 0 Å². The van der Waals surface area contributed by atoms with Crippen LogP contribution in [0.15, 0.2) is 67.0 Å². The lowest BCUT2D eigenvalue weighted by Crippen LogP contribution is -2.32. The van der Waals surface area contributed by atoms with Crippen molar-refractivity contribution in [3.63, 3.8) is 0 Å². The minimum atomic E-state index is -0.127. The predicted octanol–water partition coefficient (Wildman–Crippen LogP) is 5.49. The molecule has 0 atom stereocenters. The Labute approximate surface area is 199 Å². The van der Waals surface area contributed by atoms with Crippen molar-refractivity contribution in [3.8, 4) is 17.6 Å². The summed E-state index contributed by atoms with van der Waals surface area (Å²) in [5.74, 6) is 1.12. The summed E-state index contributed by atoms with van der Waals surface area (Å²) in [5, 5.41) is 10.7. The fourth-order valence-corrected chi connectivity index (χ4v) is 4.53. The van der Waals surface area contributed by atoms with Crippen molar-refractivity contribution in [3.05, 3.63) is 72.6 Å². The maximum absolute atomic E-state index is 10.1. The highest BCUT2D eigenvalue weighted by atomic mass is 16.5. The fraction of sp³-hybridized carbons (Fsp3) is 0.296. The van der Waals surface area contributed by atoms with Crippen molar-refractivity contribution in [2.45, 2.75) is 25.7 Å². The number of hydrogen-bond donors (Lipinski definition) is 1. The van der Waals surface area contributed by atoms with Crippen LogP contribution in [0.4, 0.5) is 11.4 Å². The van der Waals surface area contributed by atoms with E-state index in [1.54, 1.807) is 18.5 Å². The number of fused-ring (bicyclic) bond motifs is 1. The van der Waals surface area contributed by atoms with Crippen LogP contribution >= 0.6 is 0 Å². The summed E-state index contributed by atoms with van der Waals surface area (Å²) in [5.41, 5.74) is 4.15. The van der Waals surface area contributed by atoms with E-state index in [-0.39, 0.29) is 11.9 Å². The highest BCUT2D eigenvalue weighted by Gasteiger charge is 2.19. The van der Waals surface area contributed by atoms with Crippen molar-refractivity contribution < 1.29 is 9.84 Å². The quantitative estimate of drug-likeness (QED) is 0.412. The Morgan fingerprint density at radius 2 is 1.65 bits per heavy atom. The summed E-state index contributed by atoms with van der Waals surface area (Å²) in [6.45, 7) is 5.77. The van der Waals surface area contributed by atoms with E-state index < -0.39 is 0 Å². The van der Waals surface area contributed by atoms with Crippen molar-refractivity contribution in [1.82, 2.24) is 19.9 Å². The molecule has 5 rings (SSSR count). The van der Waals surface area contributed by atoms with E-state index >= 15 is 0 Å². The zero-order valence-electron chi connectivity index (χ0n) is 19.6. The van der Waals surface area contributed by atoms with Crippen LogP contribution in [-0.2, 0) is 0 Å². The first-order valence-corrected chi connectivity index (χ1v) is 11.8. The zero-order valence-corrected chi connectivity index (χ0v) is 19.6. The molecule has 2 aromatic heterocycles. The predicted molar refractivity (Wildman–Crippen MR) is 134 cm³/mol. The molecule has 174 valence electrons. The number of piperidine rings is 1. The van der Waals surface area contributed by atoms with E-state index in [1.807, 2.05) is 24.3 Å². The third-order valence-electron chi connectivity index (χ3n) is 6.68. The smallest absolute Gasteiger partial charge is 0.325 e. The first-order valence-electron chi connectivity index (χ1n) is 11.8. The number of benzene rings is 2. The van der Waals surface area contributed by atoms with E-state index in [2.05, 4.69) is 63.0 Å². The molecular formula is C27H29N5O2. The topological polar surface area (TPSA) is 74.6 Å². The number of aromatic hydroxyl groups is 1. The van der Waals surface area contributed by atoms with Crippen molar-refractivity contribution in [2.75, 3.05) is 31.6 Å². The van der Waals surface area contributed by atoms with Gasteiger partial charge in [-0.05, 0) is 86.4 Å². The highest BCUT2D eigenvalue weighted by Crippen LogP contribution is 2.32. The number of anilines is 2. The molecule has 34 heavy (non-hydrogen) atoms. The van der Waals surface area contributed by atoms with Gasteiger partial charge in [-0.25, -0.2) is 0 Å². The van der Waals surface area contributed by atoms with E-state index in [4.69, 9.17) is 4.74 Å². The normalized spacial score (nSPS) is 14.9. The fourth-order valence-electron chi connectivity index (χ4n) is 4.53. The second-order valence-corrected chi connectivity index (χ2v) is 8.68. The largest absolute Gasteiger partial charge is 0.493 e. The third kappa shape index (κ3) is 4.65. The molecule has 2 aromatic carbocycles. The maximum Gasteiger partial charge on any atom is 0.325 e. The highest BCUT2D eigenvalue weighted by molar-refractivity contribution is 5.82. The molecule has 1 aliphatic rings. The first-order chi connectivity index (χ1) is 16.6. The molecule has 0 unspecified atom stereocenters. The number of rotatable bonds is 6. The lowest BCUT2D eigenvalue weighted by atomic mass is 9.89. The maximum atomic E-state index is 10.1. The van der Waals surface area contributed by atoms with Crippen molar-refractivity contribution in [2.24, 2.45) is 0 Å². The Morgan fingerprint density at radius 3 is 2.32 bits per heavy atom. The van der Waals surface area contributed by atoms with Gasteiger partial charge in [0.2, 0.25) is 5.88 Å². The number of pyridine rings is 1. The molecule has 3 heterocycles. The van der Waals surface area contributed by atoms with Crippen LogP contribution < -0.4 is 9.64 Å². The van der Waals surface area contributed by atoms with Gasteiger partial charge in [0, 0.05) is 24.6 Å². The number of aromatic nitrogens is 3. The Bertz CT molecular complexity index is 1250. The van der Waals surface area contributed by atoms with Gasteiger partial charge in [-0.3, -0.25) is 4.98 Å². The van der Waals surface area contributed by atoms with E-state index in [1.165, 1.54) is 31.5 Å². The molecule has 0 spiro atoms. The average molecular weight is 456 g/mol. The number of hydrogen-bond acceptors (Lipinski definition) is 7. The lowest BCUT2D eigenvalue weighted by molar-refractivity contribution is 0.222. The van der Waals surface area contributed by atoms with Gasteiger partial charge in [0.1, 0.15) is 5.75 Å². The SMILES string of the molecule is CCN1CCC(c2ccc(N(C)c3ccc(Oc4nc(O)c5ccncc5n4)cc3)cc2)CC1. The summed E-state index contributed by atoms with van der Waals surface area (Å²) in [7, 11) is 2.06.